The molecule has 3 nitrogen and oxygen atoms in total. The fourth-order valence-electron chi connectivity index (χ4n) is 1.98. The molecule has 0 saturated carbocycles. The third kappa shape index (κ3) is 4.23. The number of halogens is 1. The molecule has 0 spiro atoms. The van der Waals surface area contributed by atoms with Gasteiger partial charge in [-0.3, -0.25) is 0 Å². The number of rotatable bonds is 6. The molecule has 0 aliphatic carbocycles. The van der Waals surface area contributed by atoms with Crippen LogP contribution in [0.3, 0.4) is 0 Å². The minimum absolute atomic E-state index is 0.298. The van der Waals surface area contributed by atoms with Gasteiger partial charge in [0.2, 0.25) is 0 Å². The van der Waals surface area contributed by atoms with Gasteiger partial charge in [0.15, 0.2) is 6.10 Å². The van der Waals surface area contributed by atoms with Crippen LogP contribution in [-0.4, -0.2) is 18.7 Å². The molecule has 0 saturated heterocycles. The third-order valence-corrected chi connectivity index (χ3v) is 3.50. The number of benzene rings is 1. The monoisotopic (exact) mass is 328 g/mol. The second-order valence-electron chi connectivity index (χ2n) is 4.46. The van der Waals surface area contributed by atoms with Crippen LogP contribution in [-0.2, 0) is 14.9 Å². The Hall–Kier alpha value is -1.03. The van der Waals surface area contributed by atoms with Gasteiger partial charge in [-0.2, -0.15) is 0 Å². The predicted octanol–water partition coefficient (Wildman–Crippen LogP) is 3.92. The molecule has 0 heterocycles. The molecule has 106 valence electrons. The smallest absolute Gasteiger partial charge is 0.347 e. The molecule has 1 aromatic rings. The van der Waals surface area contributed by atoms with Crippen molar-refractivity contribution in [2.75, 3.05) is 6.61 Å². The van der Waals surface area contributed by atoms with E-state index >= 15 is 0 Å². The number of ether oxygens (including phenoxy) is 2. The first-order chi connectivity index (χ1) is 9.03. The van der Waals surface area contributed by atoms with Crippen molar-refractivity contribution in [1.82, 2.24) is 0 Å². The van der Waals surface area contributed by atoms with Gasteiger partial charge in [0.05, 0.1) is 6.61 Å². The van der Waals surface area contributed by atoms with E-state index in [4.69, 9.17) is 9.47 Å². The third-order valence-electron chi connectivity index (χ3n) is 2.85. The quantitative estimate of drug-likeness (QED) is 0.586. The number of aryl methyl sites for hydroxylation is 2. The average Bonchev–Trinajstić information content (AvgIpc) is 2.38. The highest BCUT2D eigenvalue weighted by atomic mass is 79.9. The van der Waals surface area contributed by atoms with Gasteiger partial charge in [0.1, 0.15) is 5.75 Å². The first kappa shape index (κ1) is 16.0. The van der Waals surface area contributed by atoms with Crippen molar-refractivity contribution >= 4 is 21.9 Å². The number of esters is 1. The lowest BCUT2D eigenvalue weighted by Gasteiger charge is -2.19. The van der Waals surface area contributed by atoms with Gasteiger partial charge in [0, 0.05) is 5.33 Å². The maximum atomic E-state index is 11.8. The van der Waals surface area contributed by atoms with Gasteiger partial charge in [-0.1, -0.05) is 35.0 Å². The summed E-state index contributed by atoms with van der Waals surface area (Å²) in [7, 11) is 0. The molecule has 19 heavy (non-hydrogen) atoms. The lowest BCUT2D eigenvalue weighted by Crippen LogP contribution is -2.29. The molecular formula is C15H21BrO3. The molecule has 1 aromatic carbocycles. The molecule has 0 N–H and O–H groups in total. The Morgan fingerprint density at radius 3 is 2.26 bits per heavy atom. The molecule has 1 atom stereocenters. The second-order valence-corrected chi connectivity index (χ2v) is 5.02. The second kappa shape index (κ2) is 7.53. The van der Waals surface area contributed by atoms with E-state index in [1.54, 1.807) is 6.92 Å². The molecule has 1 rings (SSSR count). The summed E-state index contributed by atoms with van der Waals surface area (Å²) < 4.78 is 10.9. The summed E-state index contributed by atoms with van der Waals surface area (Å²) in [5.41, 5.74) is 3.28. The minimum Gasteiger partial charge on any atom is -0.478 e. The highest BCUT2D eigenvalue weighted by Crippen LogP contribution is 2.27. The van der Waals surface area contributed by atoms with Crippen molar-refractivity contribution < 1.29 is 14.3 Å². The standard InChI is InChI=1S/C15H21BrO3/c1-5-13(15(17)18-6-2)19-14-10(3)7-12(9-16)8-11(14)4/h7-8,13H,5-6,9H2,1-4H3. The molecule has 0 radical (unpaired) electrons. The van der Waals surface area contributed by atoms with E-state index in [0.29, 0.717) is 13.0 Å². The summed E-state index contributed by atoms with van der Waals surface area (Å²) in [5, 5.41) is 0.810. The lowest BCUT2D eigenvalue weighted by molar-refractivity contribution is -0.151. The fraction of sp³-hybridized carbons (Fsp3) is 0.533. The van der Waals surface area contributed by atoms with Crippen LogP contribution in [0.25, 0.3) is 0 Å². The van der Waals surface area contributed by atoms with E-state index in [0.717, 1.165) is 22.2 Å². The molecule has 0 aliphatic heterocycles. The summed E-state index contributed by atoms with van der Waals surface area (Å²) in [4.78, 5) is 11.8. The zero-order valence-electron chi connectivity index (χ0n) is 12.0. The summed E-state index contributed by atoms with van der Waals surface area (Å²) in [6, 6.07) is 4.13. The Morgan fingerprint density at radius 1 is 1.26 bits per heavy atom. The Kier molecular flexibility index (Phi) is 6.35. The van der Waals surface area contributed by atoms with E-state index in [9.17, 15) is 4.79 Å². The van der Waals surface area contributed by atoms with Crippen LogP contribution in [0.1, 0.15) is 37.0 Å². The van der Waals surface area contributed by atoms with E-state index in [1.807, 2.05) is 20.8 Å². The molecule has 4 heteroatoms. The summed E-state index contributed by atoms with van der Waals surface area (Å²) >= 11 is 3.44. The highest BCUT2D eigenvalue weighted by molar-refractivity contribution is 9.08. The maximum Gasteiger partial charge on any atom is 0.347 e. The summed E-state index contributed by atoms with van der Waals surface area (Å²) in [6.45, 7) is 8.07. The Balaban J connectivity index is 2.94. The van der Waals surface area contributed by atoms with Gasteiger partial charge in [-0.05, 0) is 43.9 Å². The Morgan fingerprint density at radius 2 is 1.84 bits per heavy atom. The number of hydrogen-bond donors (Lipinski definition) is 0. The largest absolute Gasteiger partial charge is 0.478 e. The molecule has 0 bridgehead atoms. The topological polar surface area (TPSA) is 35.5 Å². The molecule has 0 amide bonds. The van der Waals surface area contributed by atoms with Gasteiger partial charge in [-0.15, -0.1) is 0 Å². The van der Waals surface area contributed by atoms with E-state index < -0.39 is 6.10 Å². The number of carbonyl (C=O) groups is 1. The van der Waals surface area contributed by atoms with Crippen LogP contribution >= 0.6 is 15.9 Å². The van der Waals surface area contributed by atoms with Gasteiger partial charge in [-0.25, -0.2) is 4.79 Å². The zero-order valence-corrected chi connectivity index (χ0v) is 13.5. The van der Waals surface area contributed by atoms with Crippen molar-refractivity contribution in [3.05, 3.63) is 28.8 Å². The number of carbonyl (C=O) groups excluding carboxylic acids is 1. The van der Waals surface area contributed by atoms with E-state index in [-0.39, 0.29) is 5.97 Å². The fourth-order valence-corrected chi connectivity index (χ4v) is 2.30. The van der Waals surface area contributed by atoms with Crippen molar-refractivity contribution in [2.24, 2.45) is 0 Å². The first-order valence-corrected chi connectivity index (χ1v) is 7.64. The summed E-state index contributed by atoms with van der Waals surface area (Å²) in [5.74, 6) is 0.484. The van der Waals surface area contributed by atoms with Crippen LogP contribution in [0.4, 0.5) is 0 Å². The minimum atomic E-state index is -0.535. The van der Waals surface area contributed by atoms with Crippen molar-refractivity contribution in [3.63, 3.8) is 0 Å². The SMILES string of the molecule is CCOC(=O)C(CC)Oc1c(C)cc(CBr)cc1C. The molecule has 1 unspecified atom stereocenters. The highest BCUT2D eigenvalue weighted by Gasteiger charge is 2.21. The lowest BCUT2D eigenvalue weighted by atomic mass is 10.1. The normalized spacial score (nSPS) is 12.1. The van der Waals surface area contributed by atoms with Crippen LogP contribution in [0.5, 0.6) is 5.75 Å². The Bertz CT molecular complexity index is 420. The first-order valence-electron chi connectivity index (χ1n) is 6.52. The average molecular weight is 329 g/mol. The number of hydrogen-bond acceptors (Lipinski definition) is 3. The van der Waals surface area contributed by atoms with E-state index in [2.05, 4.69) is 28.1 Å². The zero-order chi connectivity index (χ0) is 14.4. The molecule has 0 aromatic heterocycles. The van der Waals surface area contributed by atoms with Gasteiger partial charge < -0.3 is 9.47 Å². The van der Waals surface area contributed by atoms with Gasteiger partial charge in [0.25, 0.3) is 0 Å². The maximum absolute atomic E-state index is 11.8. The number of alkyl halides is 1. The molecule has 0 fully saturated rings. The molecule has 0 aliphatic rings. The van der Waals surface area contributed by atoms with Crippen molar-refractivity contribution in [3.8, 4) is 5.75 Å². The predicted molar refractivity (Wildman–Crippen MR) is 79.9 cm³/mol. The van der Waals surface area contributed by atoms with Crippen molar-refractivity contribution in [1.29, 1.82) is 0 Å². The molecular weight excluding hydrogens is 308 g/mol. The van der Waals surface area contributed by atoms with Crippen molar-refractivity contribution in [2.45, 2.75) is 45.5 Å². The van der Waals surface area contributed by atoms with Crippen LogP contribution < -0.4 is 4.74 Å². The van der Waals surface area contributed by atoms with Crippen LogP contribution in [0, 0.1) is 13.8 Å². The Labute approximate surface area is 123 Å². The van der Waals surface area contributed by atoms with Crippen LogP contribution in [0.15, 0.2) is 12.1 Å². The van der Waals surface area contributed by atoms with Gasteiger partial charge >= 0.3 is 5.97 Å². The summed E-state index contributed by atoms with van der Waals surface area (Å²) in [6.07, 6.45) is 0.0601. The van der Waals surface area contributed by atoms with Crippen LogP contribution in [0.2, 0.25) is 0 Å². The van der Waals surface area contributed by atoms with E-state index in [1.165, 1.54) is 5.56 Å².